The molecule has 0 aromatic carbocycles. The van der Waals surface area contributed by atoms with E-state index in [-0.39, 0.29) is 5.92 Å². The van der Waals surface area contributed by atoms with Crippen LogP contribution < -0.4 is 5.48 Å². The molecule has 0 rings (SSSR count). The summed E-state index contributed by atoms with van der Waals surface area (Å²) in [6.07, 6.45) is -0.674. The molecule has 0 saturated carbocycles. The molecule has 6 heteroatoms. The first-order valence-corrected chi connectivity index (χ1v) is 6.03. The summed E-state index contributed by atoms with van der Waals surface area (Å²) in [5.41, 5.74) is 1.36. The summed E-state index contributed by atoms with van der Waals surface area (Å²) in [7, 11) is 0. The zero-order valence-corrected chi connectivity index (χ0v) is 11.6. The van der Waals surface area contributed by atoms with Crippen molar-refractivity contribution in [1.82, 2.24) is 5.48 Å². The van der Waals surface area contributed by atoms with Crippen molar-refractivity contribution in [2.24, 2.45) is 5.92 Å². The van der Waals surface area contributed by atoms with Crippen molar-refractivity contribution < 1.29 is 24.3 Å². The Kier molecular flexibility index (Phi) is 6.68. The van der Waals surface area contributed by atoms with E-state index in [9.17, 15) is 9.59 Å². The molecule has 0 fully saturated rings. The van der Waals surface area contributed by atoms with Crippen LogP contribution in [0.2, 0.25) is 0 Å². The van der Waals surface area contributed by atoms with E-state index in [1.165, 1.54) is 0 Å². The summed E-state index contributed by atoms with van der Waals surface area (Å²) in [6, 6.07) is 0. The van der Waals surface area contributed by atoms with E-state index in [1.54, 1.807) is 20.8 Å². The lowest BCUT2D eigenvalue weighted by molar-refractivity contribution is -0.156. The molecule has 18 heavy (non-hydrogen) atoms. The van der Waals surface area contributed by atoms with Crippen LogP contribution in [0.15, 0.2) is 0 Å². The molecule has 1 amide bonds. The lowest BCUT2D eigenvalue weighted by atomic mass is 10.0. The normalized spacial score (nSPS) is 14.7. The lowest BCUT2D eigenvalue weighted by Crippen LogP contribution is -2.38. The van der Waals surface area contributed by atoms with Gasteiger partial charge in [-0.2, -0.15) is 5.48 Å². The van der Waals surface area contributed by atoms with Crippen LogP contribution in [0.25, 0.3) is 0 Å². The summed E-state index contributed by atoms with van der Waals surface area (Å²) < 4.78 is 4.93. The molecule has 0 saturated heterocycles. The van der Waals surface area contributed by atoms with Gasteiger partial charge in [0.15, 0.2) is 6.10 Å². The average Bonchev–Trinajstić information content (AvgIpc) is 2.20. The van der Waals surface area contributed by atoms with Gasteiger partial charge in [0.1, 0.15) is 5.60 Å². The van der Waals surface area contributed by atoms with Crippen LogP contribution in [0.5, 0.6) is 0 Å². The van der Waals surface area contributed by atoms with Crippen LogP contribution in [-0.2, 0) is 14.4 Å². The van der Waals surface area contributed by atoms with Crippen LogP contribution in [0, 0.1) is 5.92 Å². The second kappa shape index (κ2) is 7.20. The first-order valence-electron chi connectivity index (χ1n) is 6.03. The zero-order valence-electron chi connectivity index (χ0n) is 11.6. The molecule has 2 N–H and O–H groups in total. The predicted molar refractivity (Wildman–Crippen MR) is 66.0 cm³/mol. The molecular formula is C12H23NO5. The summed E-state index contributed by atoms with van der Waals surface area (Å²) in [5.74, 6) is -0.905. The van der Waals surface area contributed by atoms with Crippen molar-refractivity contribution in [3.8, 4) is 0 Å². The van der Waals surface area contributed by atoms with Crippen molar-refractivity contribution in [1.29, 1.82) is 0 Å². The number of rotatable bonds is 6. The number of carbonyl (C=O) groups excluding carboxylic acids is 1. The second-order valence-electron chi connectivity index (χ2n) is 5.30. The molecular weight excluding hydrogens is 238 g/mol. The van der Waals surface area contributed by atoms with E-state index in [2.05, 4.69) is 0 Å². The number of carboxylic acid groups (broad SMARTS) is 1. The second-order valence-corrected chi connectivity index (χ2v) is 5.30. The zero-order chi connectivity index (χ0) is 14.3. The predicted octanol–water partition coefficient (Wildman–Crippen LogP) is 2.33. The minimum absolute atomic E-state index is 0.200. The Morgan fingerprint density at radius 1 is 1.33 bits per heavy atom. The van der Waals surface area contributed by atoms with Crippen molar-refractivity contribution in [2.45, 2.75) is 59.2 Å². The van der Waals surface area contributed by atoms with Gasteiger partial charge >= 0.3 is 12.1 Å². The maximum atomic E-state index is 11.3. The molecule has 6 nitrogen and oxygen atoms in total. The van der Waals surface area contributed by atoms with E-state index in [0.29, 0.717) is 6.42 Å². The standard InChI is InChI=1S/C12H23NO5/c1-6-8(2)7-9(10(14)15)18-13-11(16)17-12(3,4)5/h8-9H,6-7H2,1-5H3,(H,13,16)(H,14,15)/t8-,9-/m1/s1. The molecule has 0 bridgehead atoms. The van der Waals surface area contributed by atoms with Crippen LogP contribution in [-0.4, -0.2) is 28.9 Å². The smallest absolute Gasteiger partial charge is 0.431 e. The minimum Gasteiger partial charge on any atom is -0.479 e. The minimum atomic E-state index is -1.11. The van der Waals surface area contributed by atoms with Gasteiger partial charge in [0, 0.05) is 0 Å². The Labute approximate surface area is 108 Å². The number of carbonyl (C=O) groups is 2. The van der Waals surface area contributed by atoms with E-state index < -0.39 is 23.8 Å². The maximum absolute atomic E-state index is 11.3. The highest BCUT2D eigenvalue weighted by Crippen LogP contribution is 2.12. The number of carboxylic acids is 1. The fourth-order valence-electron chi connectivity index (χ4n) is 1.15. The first-order chi connectivity index (χ1) is 8.15. The van der Waals surface area contributed by atoms with Gasteiger partial charge < -0.3 is 9.84 Å². The Morgan fingerprint density at radius 3 is 2.28 bits per heavy atom. The monoisotopic (exact) mass is 261 g/mol. The number of hydrogen-bond donors (Lipinski definition) is 2. The molecule has 0 aromatic rings. The summed E-state index contributed by atoms with van der Waals surface area (Å²) >= 11 is 0. The van der Waals surface area contributed by atoms with Gasteiger partial charge in [0.2, 0.25) is 0 Å². The molecule has 0 spiro atoms. The quantitative estimate of drug-likeness (QED) is 0.717. The largest absolute Gasteiger partial charge is 0.479 e. The van der Waals surface area contributed by atoms with Crippen molar-refractivity contribution in [3.63, 3.8) is 0 Å². The molecule has 0 radical (unpaired) electrons. The number of nitrogens with one attached hydrogen (secondary N) is 1. The number of aliphatic carboxylic acids is 1. The lowest BCUT2D eigenvalue weighted by Gasteiger charge is -2.21. The highest BCUT2D eigenvalue weighted by Gasteiger charge is 2.23. The Morgan fingerprint density at radius 2 is 1.89 bits per heavy atom. The van der Waals surface area contributed by atoms with Crippen LogP contribution in [0.1, 0.15) is 47.5 Å². The molecule has 0 aliphatic carbocycles. The third-order valence-corrected chi connectivity index (χ3v) is 2.27. The SMILES string of the molecule is CC[C@@H](C)C[C@@H](ONC(=O)OC(C)(C)C)C(=O)O. The summed E-state index contributed by atoms with van der Waals surface area (Å²) in [4.78, 5) is 27.1. The van der Waals surface area contributed by atoms with Gasteiger partial charge in [-0.15, -0.1) is 0 Å². The molecule has 0 heterocycles. The Bertz CT molecular complexity index is 285. The number of hydrogen-bond acceptors (Lipinski definition) is 4. The Hall–Kier alpha value is -1.30. The summed E-state index contributed by atoms with van der Waals surface area (Å²) in [6.45, 7) is 9.01. The van der Waals surface area contributed by atoms with Gasteiger partial charge in [-0.1, -0.05) is 20.3 Å². The fourth-order valence-corrected chi connectivity index (χ4v) is 1.15. The fraction of sp³-hybridized carbons (Fsp3) is 0.833. The van der Waals surface area contributed by atoms with E-state index in [0.717, 1.165) is 6.42 Å². The summed E-state index contributed by atoms with van der Waals surface area (Å²) in [5, 5.41) is 8.95. The van der Waals surface area contributed by atoms with Gasteiger partial charge in [-0.25, -0.2) is 9.59 Å². The molecule has 2 atom stereocenters. The van der Waals surface area contributed by atoms with Crippen molar-refractivity contribution in [2.75, 3.05) is 0 Å². The molecule has 0 unspecified atom stereocenters. The van der Waals surface area contributed by atoms with Gasteiger partial charge in [0.25, 0.3) is 0 Å². The highest BCUT2D eigenvalue weighted by atomic mass is 16.7. The Balaban J connectivity index is 4.20. The van der Waals surface area contributed by atoms with E-state index in [1.807, 2.05) is 19.3 Å². The molecule has 0 aliphatic rings. The average molecular weight is 261 g/mol. The van der Waals surface area contributed by atoms with Crippen LogP contribution in [0.4, 0.5) is 4.79 Å². The molecule has 0 aromatic heterocycles. The number of amides is 1. The number of ether oxygens (including phenoxy) is 1. The van der Waals surface area contributed by atoms with Crippen LogP contribution >= 0.6 is 0 Å². The first kappa shape index (κ1) is 16.7. The van der Waals surface area contributed by atoms with Gasteiger partial charge in [0.05, 0.1) is 0 Å². The van der Waals surface area contributed by atoms with Gasteiger partial charge in [-0.3, -0.25) is 4.84 Å². The third kappa shape index (κ3) is 7.89. The van der Waals surface area contributed by atoms with E-state index >= 15 is 0 Å². The number of hydroxylamine groups is 1. The van der Waals surface area contributed by atoms with Gasteiger partial charge in [-0.05, 0) is 33.1 Å². The highest BCUT2D eigenvalue weighted by molar-refractivity contribution is 5.73. The van der Waals surface area contributed by atoms with Crippen molar-refractivity contribution >= 4 is 12.1 Å². The third-order valence-electron chi connectivity index (χ3n) is 2.27. The topological polar surface area (TPSA) is 84.9 Å². The molecule has 106 valence electrons. The van der Waals surface area contributed by atoms with E-state index in [4.69, 9.17) is 14.7 Å². The van der Waals surface area contributed by atoms with Crippen LogP contribution in [0.3, 0.4) is 0 Å². The van der Waals surface area contributed by atoms with Crippen molar-refractivity contribution in [3.05, 3.63) is 0 Å². The molecule has 0 aliphatic heterocycles. The maximum Gasteiger partial charge on any atom is 0.431 e.